The molecular weight excluding hydrogens is 222 g/mol. The standard InChI is InChI=1S/C16H25NO/c1-9(2)15-14-11(4)10(3)12(5)16(18-6)13(14)7-8-17-15/h9,15,17H,7-8H2,1-6H3. The molecule has 1 aliphatic rings. The minimum atomic E-state index is 0.460. The summed E-state index contributed by atoms with van der Waals surface area (Å²) in [5, 5.41) is 3.66. The van der Waals surface area contributed by atoms with Crippen LogP contribution in [0.4, 0.5) is 0 Å². The molecule has 0 amide bonds. The third kappa shape index (κ3) is 1.93. The van der Waals surface area contributed by atoms with Crippen molar-refractivity contribution >= 4 is 0 Å². The summed E-state index contributed by atoms with van der Waals surface area (Å²) in [6, 6.07) is 0.460. The van der Waals surface area contributed by atoms with Gasteiger partial charge in [-0.2, -0.15) is 0 Å². The fourth-order valence-corrected chi connectivity index (χ4v) is 3.20. The van der Waals surface area contributed by atoms with E-state index in [2.05, 4.69) is 39.9 Å². The second-order valence-corrected chi connectivity index (χ2v) is 5.73. The fraction of sp³-hybridized carbons (Fsp3) is 0.625. The SMILES string of the molecule is COc1c(C)c(C)c(C)c2c1CCNC2C(C)C. The van der Waals surface area contributed by atoms with Gasteiger partial charge in [0.2, 0.25) is 0 Å². The minimum Gasteiger partial charge on any atom is -0.496 e. The van der Waals surface area contributed by atoms with Crippen LogP contribution in [-0.4, -0.2) is 13.7 Å². The number of ether oxygens (including phenoxy) is 1. The zero-order chi connectivity index (χ0) is 13.4. The van der Waals surface area contributed by atoms with Crippen molar-refractivity contribution in [1.29, 1.82) is 0 Å². The third-order valence-corrected chi connectivity index (χ3v) is 4.39. The van der Waals surface area contributed by atoms with E-state index < -0.39 is 0 Å². The molecule has 0 radical (unpaired) electrons. The van der Waals surface area contributed by atoms with Crippen molar-refractivity contribution in [3.8, 4) is 5.75 Å². The Balaban J connectivity index is 2.71. The van der Waals surface area contributed by atoms with Crippen LogP contribution in [0.5, 0.6) is 5.75 Å². The Hall–Kier alpha value is -1.02. The fourth-order valence-electron chi connectivity index (χ4n) is 3.20. The van der Waals surface area contributed by atoms with Crippen LogP contribution in [0, 0.1) is 26.7 Å². The molecule has 0 aromatic heterocycles. The molecule has 0 fully saturated rings. The first-order valence-electron chi connectivity index (χ1n) is 6.88. The topological polar surface area (TPSA) is 21.3 Å². The maximum absolute atomic E-state index is 5.68. The molecule has 18 heavy (non-hydrogen) atoms. The highest BCUT2D eigenvalue weighted by Crippen LogP contribution is 2.40. The van der Waals surface area contributed by atoms with Crippen LogP contribution in [0.15, 0.2) is 0 Å². The summed E-state index contributed by atoms with van der Waals surface area (Å²) >= 11 is 0. The predicted octanol–water partition coefficient (Wildman–Crippen LogP) is 3.46. The molecule has 1 unspecified atom stereocenters. The second-order valence-electron chi connectivity index (χ2n) is 5.73. The van der Waals surface area contributed by atoms with E-state index in [1.165, 1.54) is 27.8 Å². The molecule has 0 aliphatic carbocycles. The van der Waals surface area contributed by atoms with Crippen LogP contribution in [0.1, 0.15) is 47.7 Å². The summed E-state index contributed by atoms with van der Waals surface area (Å²) in [5.74, 6) is 1.72. The average molecular weight is 247 g/mol. The number of benzene rings is 1. The van der Waals surface area contributed by atoms with Gasteiger partial charge in [0, 0.05) is 11.6 Å². The molecule has 0 saturated heterocycles. The maximum atomic E-state index is 5.68. The van der Waals surface area contributed by atoms with Gasteiger partial charge in [-0.1, -0.05) is 13.8 Å². The maximum Gasteiger partial charge on any atom is 0.125 e. The number of fused-ring (bicyclic) bond motifs is 1. The van der Waals surface area contributed by atoms with Crippen LogP contribution in [0.3, 0.4) is 0 Å². The lowest BCUT2D eigenvalue weighted by molar-refractivity contribution is 0.370. The van der Waals surface area contributed by atoms with Gasteiger partial charge in [-0.15, -0.1) is 0 Å². The molecule has 2 nitrogen and oxygen atoms in total. The predicted molar refractivity (Wildman–Crippen MR) is 76.5 cm³/mol. The highest BCUT2D eigenvalue weighted by Gasteiger charge is 2.28. The molecule has 2 heteroatoms. The summed E-state index contributed by atoms with van der Waals surface area (Å²) < 4.78 is 5.68. The Morgan fingerprint density at radius 2 is 1.78 bits per heavy atom. The Bertz CT molecular complexity index is 463. The molecule has 1 aliphatic heterocycles. The van der Waals surface area contributed by atoms with Gasteiger partial charge in [0.05, 0.1) is 7.11 Å². The van der Waals surface area contributed by atoms with E-state index in [9.17, 15) is 0 Å². The molecule has 0 bridgehead atoms. The Morgan fingerprint density at radius 1 is 1.11 bits per heavy atom. The van der Waals surface area contributed by atoms with E-state index in [0.29, 0.717) is 12.0 Å². The van der Waals surface area contributed by atoms with Gasteiger partial charge in [0.1, 0.15) is 5.75 Å². The molecule has 1 aromatic carbocycles. The quantitative estimate of drug-likeness (QED) is 0.864. The number of nitrogens with one attached hydrogen (secondary N) is 1. The number of hydrogen-bond acceptors (Lipinski definition) is 2. The third-order valence-electron chi connectivity index (χ3n) is 4.39. The van der Waals surface area contributed by atoms with E-state index in [0.717, 1.165) is 18.7 Å². The van der Waals surface area contributed by atoms with Crippen LogP contribution < -0.4 is 10.1 Å². The van der Waals surface area contributed by atoms with E-state index in [-0.39, 0.29) is 0 Å². The lowest BCUT2D eigenvalue weighted by Gasteiger charge is -2.34. The van der Waals surface area contributed by atoms with Crippen molar-refractivity contribution in [1.82, 2.24) is 5.32 Å². The lowest BCUT2D eigenvalue weighted by atomic mass is 9.81. The zero-order valence-electron chi connectivity index (χ0n) is 12.5. The highest BCUT2D eigenvalue weighted by atomic mass is 16.5. The first-order valence-corrected chi connectivity index (χ1v) is 6.88. The largest absolute Gasteiger partial charge is 0.496 e. The zero-order valence-corrected chi connectivity index (χ0v) is 12.5. The van der Waals surface area contributed by atoms with Crippen molar-refractivity contribution in [3.63, 3.8) is 0 Å². The molecule has 2 rings (SSSR count). The normalized spacial score (nSPS) is 18.9. The summed E-state index contributed by atoms with van der Waals surface area (Å²) in [7, 11) is 1.80. The summed E-state index contributed by atoms with van der Waals surface area (Å²) in [4.78, 5) is 0. The van der Waals surface area contributed by atoms with Gasteiger partial charge in [-0.05, 0) is 61.9 Å². The van der Waals surface area contributed by atoms with Crippen molar-refractivity contribution < 1.29 is 4.74 Å². The van der Waals surface area contributed by atoms with Crippen LogP contribution >= 0.6 is 0 Å². The van der Waals surface area contributed by atoms with Gasteiger partial charge < -0.3 is 10.1 Å². The first-order chi connectivity index (χ1) is 8.49. The van der Waals surface area contributed by atoms with Crippen LogP contribution in [0.2, 0.25) is 0 Å². The second kappa shape index (κ2) is 4.93. The van der Waals surface area contributed by atoms with E-state index >= 15 is 0 Å². The molecule has 100 valence electrons. The summed E-state index contributed by atoms with van der Waals surface area (Å²) in [5.41, 5.74) is 7.03. The van der Waals surface area contributed by atoms with Gasteiger partial charge in [0.15, 0.2) is 0 Å². The average Bonchev–Trinajstić information content (AvgIpc) is 2.36. The van der Waals surface area contributed by atoms with E-state index in [1.54, 1.807) is 7.11 Å². The van der Waals surface area contributed by atoms with Crippen molar-refractivity contribution in [2.45, 2.75) is 47.1 Å². The Labute approximate surface area is 111 Å². The van der Waals surface area contributed by atoms with Crippen molar-refractivity contribution in [3.05, 3.63) is 27.8 Å². The molecule has 1 heterocycles. The van der Waals surface area contributed by atoms with E-state index in [4.69, 9.17) is 4.74 Å². The number of rotatable bonds is 2. The number of methoxy groups -OCH3 is 1. The molecule has 1 aromatic rings. The van der Waals surface area contributed by atoms with Gasteiger partial charge >= 0.3 is 0 Å². The van der Waals surface area contributed by atoms with Crippen molar-refractivity contribution in [2.24, 2.45) is 5.92 Å². The minimum absolute atomic E-state index is 0.460. The molecule has 1 N–H and O–H groups in total. The lowest BCUT2D eigenvalue weighted by Crippen LogP contribution is -2.34. The molecule has 1 atom stereocenters. The molecular formula is C16H25NO. The van der Waals surface area contributed by atoms with Crippen LogP contribution in [-0.2, 0) is 6.42 Å². The smallest absolute Gasteiger partial charge is 0.125 e. The number of hydrogen-bond donors (Lipinski definition) is 1. The van der Waals surface area contributed by atoms with Gasteiger partial charge in [0.25, 0.3) is 0 Å². The monoisotopic (exact) mass is 247 g/mol. The first kappa shape index (κ1) is 13.4. The summed E-state index contributed by atoms with van der Waals surface area (Å²) in [6.45, 7) is 12.3. The molecule has 0 saturated carbocycles. The van der Waals surface area contributed by atoms with Crippen LogP contribution in [0.25, 0.3) is 0 Å². The highest BCUT2D eigenvalue weighted by molar-refractivity contribution is 5.56. The molecule has 0 spiro atoms. The van der Waals surface area contributed by atoms with E-state index in [1.807, 2.05) is 0 Å². The Morgan fingerprint density at radius 3 is 2.33 bits per heavy atom. The van der Waals surface area contributed by atoms with Gasteiger partial charge in [-0.3, -0.25) is 0 Å². The Kier molecular flexibility index (Phi) is 3.67. The van der Waals surface area contributed by atoms with Gasteiger partial charge in [-0.25, -0.2) is 0 Å². The van der Waals surface area contributed by atoms with Crippen molar-refractivity contribution in [2.75, 3.05) is 13.7 Å². The summed E-state index contributed by atoms with van der Waals surface area (Å²) in [6.07, 6.45) is 1.07.